The third-order valence-corrected chi connectivity index (χ3v) is 6.02. The van der Waals surface area contributed by atoms with Gasteiger partial charge in [-0.3, -0.25) is 4.79 Å². The molecule has 0 bridgehead atoms. The summed E-state index contributed by atoms with van der Waals surface area (Å²) in [6.07, 6.45) is 3.85. The molecule has 1 atom stereocenters. The number of hydrogen-bond donors (Lipinski definition) is 0. The topological polar surface area (TPSA) is 97.6 Å². The Balaban J connectivity index is 1.53. The highest BCUT2D eigenvalue weighted by atomic mass is 16.5. The molecule has 0 saturated carbocycles. The summed E-state index contributed by atoms with van der Waals surface area (Å²) in [4.78, 5) is 22.7. The lowest BCUT2D eigenvalue weighted by molar-refractivity contribution is 0.0961. The highest BCUT2D eigenvalue weighted by Gasteiger charge is 2.33. The van der Waals surface area contributed by atoms with E-state index in [1.807, 2.05) is 61.5 Å². The molecule has 0 aliphatic carbocycles. The molecule has 0 saturated heterocycles. The summed E-state index contributed by atoms with van der Waals surface area (Å²) >= 11 is 0. The van der Waals surface area contributed by atoms with Gasteiger partial charge in [0.2, 0.25) is 11.6 Å². The molecule has 0 fully saturated rings. The van der Waals surface area contributed by atoms with Gasteiger partial charge in [0.1, 0.15) is 11.5 Å². The van der Waals surface area contributed by atoms with Crippen LogP contribution in [-0.2, 0) is 13.0 Å². The lowest BCUT2D eigenvalue weighted by Crippen LogP contribution is -2.15. The van der Waals surface area contributed by atoms with Gasteiger partial charge in [-0.15, -0.1) is 0 Å². The minimum atomic E-state index is -1.21. The number of carbonyl (C=O) groups excluding carboxylic acids is 1. The number of aryl methyl sites for hydroxylation is 1. The number of aromatic nitrogens is 4. The molecule has 7 nitrogen and oxygen atoms in total. The van der Waals surface area contributed by atoms with Gasteiger partial charge in [0.15, 0.2) is 5.92 Å². The Morgan fingerprint density at radius 1 is 1.03 bits per heavy atom. The van der Waals surface area contributed by atoms with Crippen molar-refractivity contribution in [3.05, 3.63) is 77.4 Å². The van der Waals surface area contributed by atoms with Crippen LogP contribution in [0.3, 0.4) is 0 Å². The molecule has 1 aliphatic rings. The fourth-order valence-corrected chi connectivity index (χ4v) is 4.26. The van der Waals surface area contributed by atoms with E-state index in [0.29, 0.717) is 11.5 Å². The number of carbonyl (C=O) groups is 1. The number of Topliss-reactive ketones (excluding diaryl/α,β-unsaturated/α-hetero) is 1. The van der Waals surface area contributed by atoms with Crippen LogP contribution in [0.2, 0.25) is 0 Å². The molecule has 4 aromatic rings. The minimum absolute atomic E-state index is 0.00490. The smallest absolute Gasteiger partial charge is 0.252 e. The lowest BCUT2D eigenvalue weighted by Gasteiger charge is -2.09. The number of ketones is 1. The second kappa shape index (κ2) is 8.83. The number of imidazole rings is 1. The van der Waals surface area contributed by atoms with E-state index in [9.17, 15) is 10.1 Å². The Morgan fingerprint density at radius 3 is 2.58 bits per heavy atom. The molecule has 2 aromatic carbocycles. The van der Waals surface area contributed by atoms with E-state index >= 15 is 0 Å². The van der Waals surface area contributed by atoms with Gasteiger partial charge in [-0.2, -0.15) is 10.2 Å². The molecule has 33 heavy (non-hydrogen) atoms. The summed E-state index contributed by atoms with van der Waals surface area (Å²) in [6, 6.07) is 19.6. The van der Waals surface area contributed by atoms with Crippen LogP contribution in [0.25, 0.3) is 22.8 Å². The van der Waals surface area contributed by atoms with Crippen LogP contribution in [0.4, 0.5) is 0 Å². The van der Waals surface area contributed by atoms with Gasteiger partial charge < -0.3 is 9.09 Å². The van der Waals surface area contributed by atoms with Crippen molar-refractivity contribution in [3.63, 3.8) is 0 Å². The van der Waals surface area contributed by atoms with E-state index in [0.717, 1.165) is 60.4 Å². The molecule has 7 heteroatoms. The van der Waals surface area contributed by atoms with E-state index in [1.54, 1.807) is 0 Å². The second-order valence-corrected chi connectivity index (χ2v) is 8.31. The van der Waals surface area contributed by atoms with Gasteiger partial charge >= 0.3 is 0 Å². The molecule has 2 aromatic heterocycles. The average molecular weight is 438 g/mol. The van der Waals surface area contributed by atoms with E-state index in [4.69, 9.17) is 9.51 Å². The third-order valence-electron chi connectivity index (χ3n) is 6.02. The zero-order valence-electron chi connectivity index (χ0n) is 18.4. The molecular formula is C26H23N5O2. The SMILES string of the molecule is Cc1ccc(-c2noc([C@H](C#N)C(=O)c3nc(-c4ccccc4)n4c3CCCCC4)n2)cc1. The largest absolute Gasteiger partial charge is 0.337 e. The van der Waals surface area contributed by atoms with Crippen LogP contribution in [0.15, 0.2) is 59.1 Å². The average Bonchev–Trinajstić information content (AvgIpc) is 3.39. The summed E-state index contributed by atoms with van der Waals surface area (Å²) < 4.78 is 7.50. The third kappa shape index (κ3) is 3.96. The van der Waals surface area contributed by atoms with Gasteiger partial charge in [-0.05, 0) is 26.2 Å². The molecule has 0 amide bonds. The number of nitriles is 1. The molecular weight excluding hydrogens is 414 g/mol. The number of benzene rings is 2. The predicted octanol–water partition coefficient (Wildman–Crippen LogP) is 5.13. The van der Waals surface area contributed by atoms with Gasteiger partial charge in [0.05, 0.1) is 6.07 Å². The summed E-state index contributed by atoms with van der Waals surface area (Å²) in [5.41, 5.74) is 4.05. The normalized spacial score (nSPS) is 14.2. The molecule has 0 radical (unpaired) electrons. The highest BCUT2D eigenvalue weighted by Crippen LogP contribution is 2.30. The highest BCUT2D eigenvalue weighted by molar-refractivity contribution is 6.02. The number of nitrogens with zero attached hydrogens (tertiary/aromatic N) is 5. The molecule has 1 aliphatic heterocycles. The van der Waals surface area contributed by atoms with Crippen LogP contribution >= 0.6 is 0 Å². The maximum Gasteiger partial charge on any atom is 0.252 e. The first-order valence-corrected chi connectivity index (χ1v) is 11.1. The summed E-state index contributed by atoms with van der Waals surface area (Å²) in [7, 11) is 0. The maximum atomic E-state index is 13.6. The lowest BCUT2D eigenvalue weighted by atomic mass is 10.0. The summed E-state index contributed by atoms with van der Waals surface area (Å²) in [5, 5.41) is 13.9. The molecule has 5 rings (SSSR count). The monoisotopic (exact) mass is 437 g/mol. The molecule has 3 heterocycles. The van der Waals surface area contributed by atoms with E-state index in [-0.39, 0.29) is 5.89 Å². The Kier molecular flexibility index (Phi) is 5.57. The number of rotatable bonds is 5. The van der Waals surface area contributed by atoms with Crippen molar-refractivity contribution in [1.82, 2.24) is 19.7 Å². The molecule has 0 N–H and O–H groups in total. The van der Waals surface area contributed by atoms with Gasteiger partial charge in [0, 0.05) is 23.4 Å². The van der Waals surface area contributed by atoms with Crippen LogP contribution in [0, 0.1) is 18.3 Å². The van der Waals surface area contributed by atoms with Crippen LogP contribution in [0.1, 0.15) is 52.8 Å². The molecule has 0 unspecified atom stereocenters. The quantitative estimate of drug-likeness (QED) is 0.402. The Bertz CT molecular complexity index is 1330. The first-order chi connectivity index (χ1) is 16.2. The van der Waals surface area contributed by atoms with Crippen molar-refractivity contribution in [2.75, 3.05) is 0 Å². The minimum Gasteiger partial charge on any atom is -0.337 e. The van der Waals surface area contributed by atoms with Crippen molar-refractivity contribution in [3.8, 4) is 28.8 Å². The van der Waals surface area contributed by atoms with E-state index in [1.165, 1.54) is 0 Å². The van der Waals surface area contributed by atoms with Crippen molar-refractivity contribution >= 4 is 5.78 Å². The Morgan fingerprint density at radius 2 is 1.82 bits per heavy atom. The van der Waals surface area contributed by atoms with Crippen molar-refractivity contribution < 1.29 is 9.32 Å². The zero-order chi connectivity index (χ0) is 22.8. The first kappa shape index (κ1) is 20.8. The molecule has 0 spiro atoms. The van der Waals surface area contributed by atoms with Crippen molar-refractivity contribution in [2.45, 2.75) is 45.1 Å². The predicted molar refractivity (Wildman–Crippen MR) is 122 cm³/mol. The van der Waals surface area contributed by atoms with E-state index < -0.39 is 11.7 Å². The number of fused-ring (bicyclic) bond motifs is 1. The molecule has 164 valence electrons. The zero-order valence-corrected chi connectivity index (χ0v) is 18.4. The fourth-order valence-electron chi connectivity index (χ4n) is 4.26. The fraction of sp³-hybridized carbons (Fsp3) is 0.269. The van der Waals surface area contributed by atoms with Crippen LogP contribution in [0.5, 0.6) is 0 Å². The summed E-state index contributed by atoms with van der Waals surface area (Å²) in [5.74, 6) is -0.493. The second-order valence-electron chi connectivity index (χ2n) is 8.31. The van der Waals surface area contributed by atoms with Gasteiger partial charge in [0.25, 0.3) is 5.89 Å². The van der Waals surface area contributed by atoms with Gasteiger partial charge in [-0.1, -0.05) is 71.7 Å². The number of hydrogen-bond acceptors (Lipinski definition) is 6. The Hall–Kier alpha value is -4.05. The summed E-state index contributed by atoms with van der Waals surface area (Å²) in [6.45, 7) is 2.79. The standard InChI is InChI=1S/C26H23N5O2/c1-17-11-13-18(14-12-17)24-29-26(33-30-24)20(16-27)23(32)22-21-10-6-3-7-15-31(21)25(28-22)19-8-4-2-5-9-19/h2,4-5,8-9,11-14,20H,3,6-7,10,15H2,1H3/t20-/m1/s1. The van der Waals surface area contributed by atoms with Crippen LogP contribution < -0.4 is 0 Å². The maximum absolute atomic E-state index is 13.6. The van der Waals surface area contributed by atoms with Crippen molar-refractivity contribution in [2.24, 2.45) is 0 Å². The van der Waals surface area contributed by atoms with Crippen molar-refractivity contribution in [1.29, 1.82) is 5.26 Å². The van der Waals surface area contributed by atoms with Crippen LogP contribution in [-0.4, -0.2) is 25.5 Å². The van der Waals surface area contributed by atoms with Gasteiger partial charge in [-0.25, -0.2) is 4.98 Å². The Labute approximate surface area is 191 Å². The van der Waals surface area contributed by atoms with E-state index in [2.05, 4.69) is 20.8 Å². The first-order valence-electron chi connectivity index (χ1n) is 11.1.